The number of ether oxygens (including phenoxy) is 1. The number of carbonyl (C=O) groups excluding carboxylic acids is 1. The highest BCUT2D eigenvalue weighted by Crippen LogP contribution is 2.31. The third-order valence-corrected chi connectivity index (χ3v) is 8.02. The monoisotopic (exact) mass is 511 g/mol. The number of nitrogens with zero attached hydrogens (tertiary/aromatic N) is 2. The van der Waals surface area contributed by atoms with Crippen LogP contribution in [0.5, 0.6) is 5.19 Å². The highest BCUT2D eigenvalue weighted by Gasteiger charge is 2.25. The number of halogens is 3. The lowest BCUT2D eigenvalue weighted by molar-refractivity contribution is -0.122. The van der Waals surface area contributed by atoms with E-state index in [1.54, 1.807) is 0 Å². The summed E-state index contributed by atoms with van der Waals surface area (Å²) in [6.45, 7) is 2.16. The van der Waals surface area contributed by atoms with Crippen LogP contribution in [0.2, 0.25) is 5.02 Å². The molecule has 1 aromatic heterocycles. The Morgan fingerprint density at radius 2 is 2.12 bits per heavy atom. The molecule has 2 aromatic rings. The molecule has 2 aliphatic rings. The van der Waals surface area contributed by atoms with E-state index in [-0.39, 0.29) is 11.9 Å². The molecular formula is C25H32ClF2N3O2S. The zero-order chi connectivity index (χ0) is 23.9. The van der Waals surface area contributed by atoms with Gasteiger partial charge in [0, 0.05) is 35.5 Å². The van der Waals surface area contributed by atoms with E-state index in [1.807, 2.05) is 24.3 Å². The maximum Gasteiger partial charge on any atom is 0.273 e. The van der Waals surface area contributed by atoms with Crippen LogP contribution in [0.1, 0.15) is 54.7 Å². The number of aromatic nitrogens is 1. The Morgan fingerprint density at radius 3 is 2.88 bits per heavy atom. The first-order valence-corrected chi connectivity index (χ1v) is 13.3. The normalized spacial score (nSPS) is 20.8. The van der Waals surface area contributed by atoms with Crippen molar-refractivity contribution in [2.75, 3.05) is 19.7 Å². The maximum atomic E-state index is 12.4. The number of nitrogens with one attached hydrogen (secondary N) is 1. The summed E-state index contributed by atoms with van der Waals surface area (Å²) in [6, 6.07) is 7.96. The van der Waals surface area contributed by atoms with Gasteiger partial charge >= 0.3 is 0 Å². The van der Waals surface area contributed by atoms with Gasteiger partial charge in [-0.2, -0.15) is 0 Å². The third-order valence-electron chi connectivity index (χ3n) is 6.72. The van der Waals surface area contributed by atoms with E-state index in [9.17, 15) is 13.6 Å². The minimum atomic E-state index is -2.48. The smallest absolute Gasteiger partial charge is 0.273 e. The predicted octanol–water partition coefficient (Wildman–Crippen LogP) is 5.50. The van der Waals surface area contributed by atoms with E-state index < -0.39 is 13.0 Å². The minimum absolute atomic E-state index is 0.118. The highest BCUT2D eigenvalue weighted by molar-refractivity contribution is 7.13. The summed E-state index contributed by atoms with van der Waals surface area (Å²) in [5, 5.41) is 4.28. The molecule has 1 N–H and O–H groups in total. The molecule has 5 nitrogen and oxygen atoms in total. The van der Waals surface area contributed by atoms with Crippen molar-refractivity contribution >= 4 is 28.8 Å². The van der Waals surface area contributed by atoms with Crippen molar-refractivity contribution < 1.29 is 18.3 Å². The molecule has 0 bridgehead atoms. The number of hydrogen-bond acceptors (Lipinski definition) is 5. The lowest BCUT2D eigenvalue weighted by Gasteiger charge is -2.32. The number of carbonyl (C=O) groups is 1. The van der Waals surface area contributed by atoms with Gasteiger partial charge in [-0.25, -0.2) is 13.8 Å². The molecule has 1 amide bonds. The van der Waals surface area contributed by atoms with Gasteiger partial charge in [-0.3, -0.25) is 9.69 Å². The predicted molar refractivity (Wildman–Crippen MR) is 131 cm³/mol. The quantitative estimate of drug-likeness (QED) is 0.458. The molecule has 0 atom stereocenters. The van der Waals surface area contributed by atoms with E-state index in [2.05, 4.69) is 15.2 Å². The number of hydrogen-bond donors (Lipinski definition) is 1. The number of aryl methyl sites for hydroxylation is 1. The van der Waals surface area contributed by atoms with Crippen LogP contribution in [0.3, 0.4) is 0 Å². The average molecular weight is 512 g/mol. The molecule has 34 heavy (non-hydrogen) atoms. The molecule has 0 radical (unpaired) electrons. The molecule has 1 saturated carbocycles. The summed E-state index contributed by atoms with van der Waals surface area (Å²) in [5.41, 5.74) is 2.07. The minimum Gasteiger partial charge on any atom is -0.464 e. The molecule has 0 unspecified atom stereocenters. The first kappa shape index (κ1) is 25.3. The third kappa shape index (κ3) is 7.62. The van der Waals surface area contributed by atoms with Crippen molar-refractivity contribution in [3.8, 4) is 5.19 Å². The molecule has 1 aliphatic carbocycles. The van der Waals surface area contributed by atoms with E-state index in [0.717, 1.165) is 74.3 Å². The second-order valence-corrected chi connectivity index (χ2v) is 10.8. The van der Waals surface area contributed by atoms with Gasteiger partial charge in [-0.15, -0.1) is 0 Å². The fourth-order valence-electron chi connectivity index (χ4n) is 4.83. The summed E-state index contributed by atoms with van der Waals surface area (Å²) in [7, 11) is 0. The van der Waals surface area contributed by atoms with Gasteiger partial charge in [0.15, 0.2) is 6.61 Å². The number of thiazole rings is 1. The van der Waals surface area contributed by atoms with Crippen LogP contribution in [-0.4, -0.2) is 48.0 Å². The summed E-state index contributed by atoms with van der Waals surface area (Å²) >= 11 is 7.41. The van der Waals surface area contributed by atoms with Crippen LogP contribution in [0, 0.1) is 5.92 Å². The van der Waals surface area contributed by atoms with Crippen molar-refractivity contribution in [1.29, 1.82) is 0 Å². The Hall–Kier alpha value is -1.77. The number of fused-ring (bicyclic) bond motifs is 1. The molecule has 1 aromatic carbocycles. The van der Waals surface area contributed by atoms with E-state index in [0.29, 0.717) is 29.0 Å². The van der Waals surface area contributed by atoms with Gasteiger partial charge in [0.05, 0.1) is 5.69 Å². The second-order valence-electron chi connectivity index (χ2n) is 9.28. The first-order valence-electron chi connectivity index (χ1n) is 12.1. The van der Waals surface area contributed by atoms with Gasteiger partial charge in [0.25, 0.3) is 11.6 Å². The van der Waals surface area contributed by atoms with Crippen molar-refractivity contribution in [2.45, 2.75) is 70.4 Å². The number of alkyl halides is 2. The zero-order valence-corrected chi connectivity index (χ0v) is 20.9. The molecule has 0 saturated heterocycles. The van der Waals surface area contributed by atoms with Crippen LogP contribution in [0.15, 0.2) is 24.3 Å². The highest BCUT2D eigenvalue weighted by atomic mass is 35.5. The fourth-order valence-corrected chi connectivity index (χ4v) is 5.95. The van der Waals surface area contributed by atoms with Crippen molar-refractivity contribution in [3.63, 3.8) is 0 Å². The number of benzene rings is 1. The van der Waals surface area contributed by atoms with Crippen LogP contribution < -0.4 is 10.1 Å². The van der Waals surface area contributed by atoms with Crippen molar-refractivity contribution in [1.82, 2.24) is 15.2 Å². The van der Waals surface area contributed by atoms with Gasteiger partial charge in [0.2, 0.25) is 5.91 Å². The molecule has 4 rings (SSSR count). The first-order chi connectivity index (χ1) is 16.4. The van der Waals surface area contributed by atoms with Crippen LogP contribution in [-0.2, 0) is 24.2 Å². The molecule has 9 heteroatoms. The second kappa shape index (κ2) is 12.3. The number of rotatable bonds is 10. The van der Waals surface area contributed by atoms with Gasteiger partial charge < -0.3 is 10.1 Å². The Morgan fingerprint density at radius 1 is 1.29 bits per heavy atom. The van der Waals surface area contributed by atoms with E-state index in [4.69, 9.17) is 16.3 Å². The molecule has 1 fully saturated rings. The lowest BCUT2D eigenvalue weighted by atomic mass is 9.84. The summed E-state index contributed by atoms with van der Waals surface area (Å²) in [6.07, 6.45) is 5.11. The molecule has 2 heterocycles. The van der Waals surface area contributed by atoms with E-state index >= 15 is 0 Å². The molecule has 186 valence electrons. The van der Waals surface area contributed by atoms with Gasteiger partial charge in [0.1, 0.15) is 0 Å². The Bertz CT molecular complexity index is 950. The largest absolute Gasteiger partial charge is 0.464 e. The van der Waals surface area contributed by atoms with Crippen LogP contribution in [0.25, 0.3) is 0 Å². The lowest BCUT2D eigenvalue weighted by Crippen LogP contribution is -2.38. The average Bonchev–Trinajstić information content (AvgIpc) is 3.23. The standard InChI is InChI=1S/C25H32ClF2N3O2S/c26-19-3-1-2-18(14-19)6-9-24(32)29-20-7-4-17(5-8-20)10-12-31-13-11-22-21(15-31)30-25(34-22)33-16-23(27)28/h1-3,14,17,20,23H,4-13,15-16H2,(H,29,32). The number of amides is 1. The Balaban J connectivity index is 1.12. The van der Waals surface area contributed by atoms with Crippen molar-refractivity contribution in [3.05, 3.63) is 45.4 Å². The fraction of sp³-hybridized carbons (Fsp3) is 0.600. The Labute approximate surface area is 208 Å². The van der Waals surface area contributed by atoms with Gasteiger partial charge in [-0.05, 0) is 75.1 Å². The summed E-state index contributed by atoms with van der Waals surface area (Å²) in [4.78, 5) is 20.3. The van der Waals surface area contributed by atoms with E-state index in [1.165, 1.54) is 11.3 Å². The van der Waals surface area contributed by atoms with Crippen LogP contribution >= 0.6 is 22.9 Å². The summed E-state index contributed by atoms with van der Waals surface area (Å²) < 4.78 is 29.8. The van der Waals surface area contributed by atoms with Gasteiger partial charge in [-0.1, -0.05) is 35.1 Å². The SMILES string of the molecule is O=C(CCc1cccc(Cl)c1)NC1CCC(CCN2CCc3sc(OCC(F)F)nc3C2)CC1. The summed E-state index contributed by atoms with van der Waals surface area (Å²) in [5.74, 6) is 0.800. The van der Waals surface area contributed by atoms with Crippen LogP contribution in [0.4, 0.5) is 8.78 Å². The molecule has 1 aliphatic heterocycles. The maximum absolute atomic E-state index is 12.4. The zero-order valence-electron chi connectivity index (χ0n) is 19.3. The molecular weight excluding hydrogens is 480 g/mol. The molecule has 0 spiro atoms. The Kier molecular flexibility index (Phi) is 9.14. The van der Waals surface area contributed by atoms with Crippen molar-refractivity contribution in [2.24, 2.45) is 5.92 Å². The topological polar surface area (TPSA) is 54.5 Å².